The van der Waals surface area contributed by atoms with E-state index in [9.17, 15) is 0 Å². The molecule has 0 radical (unpaired) electrons. The van der Waals surface area contributed by atoms with Crippen molar-refractivity contribution >= 4 is 7.12 Å². The zero-order valence-corrected chi connectivity index (χ0v) is 26.0. The van der Waals surface area contributed by atoms with Crippen LogP contribution in [0.4, 0.5) is 0 Å². The molecule has 5 fully saturated rings. The summed E-state index contributed by atoms with van der Waals surface area (Å²) in [6, 6.07) is 25.6. The average Bonchev–Trinajstić information content (AvgIpc) is 3.56. The van der Waals surface area contributed by atoms with E-state index in [1.54, 1.807) is 0 Å². The lowest BCUT2D eigenvalue weighted by molar-refractivity contribution is -0.200. The molecule has 2 unspecified atom stereocenters. The number of hydrogen-bond acceptors (Lipinski definition) is 6. The zero-order valence-electron chi connectivity index (χ0n) is 26.0. The van der Waals surface area contributed by atoms with Crippen molar-refractivity contribution in [1.82, 2.24) is 10.0 Å². The van der Waals surface area contributed by atoms with E-state index in [0.717, 1.165) is 36.9 Å². The standard InChI is InChI=1S/C36H45BN2O4/c1-25-17-28(15-16-38-25)23-40-24-30-22-31(18-26-11-7-5-8-12-26)42-39(30)34(19-27-13-9-6-10-14-27)37-41-33-21-29-20-32(35(29,2)3)36(33,4)43-37/h5-17,29-34H,18-24H2,1-4H3/t29-,30?,31?,32-,33+,34-,36-/m0/s1. The fourth-order valence-corrected chi connectivity index (χ4v) is 8.43. The van der Waals surface area contributed by atoms with Gasteiger partial charge in [-0.1, -0.05) is 74.5 Å². The molecule has 0 amide bonds. The monoisotopic (exact) mass is 580 g/mol. The maximum absolute atomic E-state index is 7.08. The topological polar surface area (TPSA) is 53.1 Å². The van der Waals surface area contributed by atoms with Crippen molar-refractivity contribution in [2.45, 2.75) is 96.2 Å². The van der Waals surface area contributed by atoms with Crippen LogP contribution in [0.2, 0.25) is 0 Å². The van der Waals surface area contributed by atoms with Crippen molar-refractivity contribution in [3.8, 4) is 0 Å². The van der Waals surface area contributed by atoms with Gasteiger partial charge in [-0.25, -0.2) is 0 Å². The predicted octanol–water partition coefficient (Wildman–Crippen LogP) is 6.40. The van der Waals surface area contributed by atoms with Gasteiger partial charge < -0.3 is 14.0 Å². The number of aryl methyl sites for hydroxylation is 1. The lowest BCUT2D eigenvalue weighted by Crippen LogP contribution is -2.65. The third kappa shape index (κ3) is 5.71. The van der Waals surface area contributed by atoms with Crippen molar-refractivity contribution < 1.29 is 18.9 Å². The molecule has 6 nitrogen and oxygen atoms in total. The second kappa shape index (κ2) is 11.8. The SMILES string of the molecule is Cc1cc(COCC2CC(Cc3ccccc3)ON2[C@@H](Cc2ccccc2)B2O[C@@H]3C[C@@H]4C[C@@H](C4(C)C)[C@]3(C)O2)ccn1. The molecule has 2 aromatic carbocycles. The molecule has 43 heavy (non-hydrogen) atoms. The summed E-state index contributed by atoms with van der Waals surface area (Å²) in [6.07, 6.45) is 6.88. The van der Waals surface area contributed by atoms with E-state index >= 15 is 0 Å². The Morgan fingerprint density at radius 3 is 2.42 bits per heavy atom. The van der Waals surface area contributed by atoms with Crippen LogP contribution in [-0.4, -0.2) is 53.6 Å². The van der Waals surface area contributed by atoms with Crippen molar-refractivity contribution in [2.75, 3.05) is 6.61 Å². The molecular formula is C36H45BN2O4. The molecule has 2 aliphatic heterocycles. The highest BCUT2D eigenvalue weighted by Crippen LogP contribution is 2.66. The first kappa shape index (κ1) is 29.2. The fourth-order valence-electron chi connectivity index (χ4n) is 8.43. The molecule has 3 aromatic rings. The van der Waals surface area contributed by atoms with Crippen LogP contribution in [0.5, 0.6) is 0 Å². The number of hydrogen-bond donors (Lipinski definition) is 0. The lowest BCUT2D eigenvalue weighted by Gasteiger charge is -2.64. The number of pyridine rings is 1. The molecule has 7 heteroatoms. The first-order chi connectivity index (χ1) is 20.8. The normalized spacial score (nSPS) is 31.9. The quantitative estimate of drug-likeness (QED) is 0.259. The van der Waals surface area contributed by atoms with Gasteiger partial charge in [0.25, 0.3) is 0 Å². The molecule has 5 aliphatic rings. The summed E-state index contributed by atoms with van der Waals surface area (Å²) in [4.78, 5) is 11.2. The van der Waals surface area contributed by atoms with E-state index < -0.39 is 0 Å². The Morgan fingerprint density at radius 1 is 0.953 bits per heavy atom. The largest absolute Gasteiger partial charge is 0.479 e. The summed E-state index contributed by atoms with van der Waals surface area (Å²) in [6.45, 7) is 10.3. The Kier molecular flexibility index (Phi) is 7.98. The Morgan fingerprint density at radius 2 is 1.70 bits per heavy atom. The Bertz CT molecular complexity index is 1390. The molecule has 3 aliphatic carbocycles. The highest BCUT2D eigenvalue weighted by molar-refractivity contribution is 6.47. The molecule has 226 valence electrons. The minimum atomic E-state index is -0.369. The maximum Gasteiger partial charge on any atom is 0.479 e. The molecular weight excluding hydrogens is 535 g/mol. The molecule has 2 bridgehead atoms. The summed E-state index contributed by atoms with van der Waals surface area (Å²) in [7, 11) is -0.369. The van der Waals surface area contributed by atoms with Gasteiger partial charge in [-0.15, -0.1) is 0 Å². The lowest BCUT2D eigenvalue weighted by atomic mass is 9.43. The second-order valence-corrected chi connectivity index (χ2v) is 14.1. The van der Waals surface area contributed by atoms with Gasteiger partial charge in [-0.2, -0.15) is 5.06 Å². The maximum atomic E-state index is 7.08. The molecule has 0 spiro atoms. The molecule has 8 rings (SSSR count). The van der Waals surface area contributed by atoms with Crippen LogP contribution in [0.15, 0.2) is 79.0 Å². The fraction of sp³-hybridized carbons (Fsp3) is 0.528. The minimum Gasteiger partial charge on any atom is -0.404 e. The molecule has 3 saturated carbocycles. The van der Waals surface area contributed by atoms with E-state index in [-0.39, 0.29) is 36.9 Å². The molecule has 1 aromatic heterocycles. The average molecular weight is 581 g/mol. The Balaban J connectivity index is 1.15. The van der Waals surface area contributed by atoms with Crippen molar-refractivity contribution in [3.05, 3.63) is 101 Å². The number of aromatic nitrogens is 1. The van der Waals surface area contributed by atoms with Gasteiger partial charge in [0.1, 0.15) is 0 Å². The van der Waals surface area contributed by atoms with Crippen LogP contribution in [0.1, 0.15) is 62.4 Å². The zero-order chi connectivity index (χ0) is 29.6. The van der Waals surface area contributed by atoms with Crippen molar-refractivity contribution in [1.29, 1.82) is 0 Å². The second-order valence-electron chi connectivity index (χ2n) is 14.1. The molecule has 7 atom stereocenters. The summed E-state index contributed by atoms with van der Waals surface area (Å²) in [5.74, 6) is 1.13. The van der Waals surface area contributed by atoms with E-state index in [0.29, 0.717) is 30.5 Å². The molecule has 2 saturated heterocycles. The number of benzene rings is 2. The molecule has 3 heterocycles. The number of hydroxylamine groups is 2. The van der Waals surface area contributed by atoms with Gasteiger partial charge in [0.2, 0.25) is 0 Å². The third-order valence-electron chi connectivity index (χ3n) is 10.9. The summed E-state index contributed by atoms with van der Waals surface area (Å²) in [5, 5.41) is 2.21. The summed E-state index contributed by atoms with van der Waals surface area (Å²) in [5.41, 5.74) is 4.71. The minimum absolute atomic E-state index is 0.0588. The third-order valence-corrected chi connectivity index (χ3v) is 10.9. The number of nitrogens with zero attached hydrogens (tertiary/aromatic N) is 2. The van der Waals surface area contributed by atoms with Gasteiger partial charge >= 0.3 is 7.12 Å². The van der Waals surface area contributed by atoms with Gasteiger partial charge in [0.05, 0.1) is 43.0 Å². The van der Waals surface area contributed by atoms with E-state index in [1.807, 2.05) is 19.2 Å². The number of ether oxygens (including phenoxy) is 1. The van der Waals surface area contributed by atoms with Gasteiger partial charge in [-0.3, -0.25) is 9.82 Å². The molecule has 0 N–H and O–H groups in total. The van der Waals surface area contributed by atoms with Crippen LogP contribution in [0.25, 0.3) is 0 Å². The number of rotatable bonds is 10. The van der Waals surface area contributed by atoms with Gasteiger partial charge in [0.15, 0.2) is 0 Å². The van der Waals surface area contributed by atoms with Crippen LogP contribution >= 0.6 is 0 Å². The van der Waals surface area contributed by atoms with E-state index in [2.05, 4.69) is 97.5 Å². The van der Waals surface area contributed by atoms with Gasteiger partial charge in [0, 0.05) is 18.3 Å². The van der Waals surface area contributed by atoms with Crippen molar-refractivity contribution in [2.24, 2.45) is 17.3 Å². The first-order valence-electron chi connectivity index (χ1n) is 16.1. The van der Waals surface area contributed by atoms with Crippen molar-refractivity contribution in [3.63, 3.8) is 0 Å². The van der Waals surface area contributed by atoms with E-state index in [4.69, 9.17) is 18.9 Å². The van der Waals surface area contributed by atoms with Crippen LogP contribution in [-0.2, 0) is 38.3 Å². The van der Waals surface area contributed by atoms with Crippen LogP contribution in [0.3, 0.4) is 0 Å². The van der Waals surface area contributed by atoms with Crippen LogP contribution in [0, 0.1) is 24.2 Å². The smallest absolute Gasteiger partial charge is 0.404 e. The first-order valence-corrected chi connectivity index (χ1v) is 16.1. The van der Waals surface area contributed by atoms with Gasteiger partial charge in [-0.05, 0) is 85.6 Å². The predicted molar refractivity (Wildman–Crippen MR) is 168 cm³/mol. The summed E-state index contributed by atoms with van der Waals surface area (Å²) < 4.78 is 20.4. The Labute approximate surface area is 257 Å². The highest BCUT2D eigenvalue weighted by atomic mass is 16.7. The van der Waals surface area contributed by atoms with Crippen LogP contribution < -0.4 is 0 Å². The van der Waals surface area contributed by atoms with E-state index in [1.165, 1.54) is 17.5 Å². The Hall–Kier alpha value is -2.55. The summed E-state index contributed by atoms with van der Waals surface area (Å²) >= 11 is 0. The highest BCUT2D eigenvalue weighted by Gasteiger charge is 2.69.